The summed E-state index contributed by atoms with van der Waals surface area (Å²) in [5.41, 5.74) is -0.229. The molecule has 2 aliphatic rings. The second-order valence-electron chi connectivity index (χ2n) is 4.80. The molecule has 0 amide bonds. The molecule has 0 radical (unpaired) electrons. The first-order chi connectivity index (χ1) is 7.65. The fraction of sp³-hybridized carbons (Fsp3) is 1.00. The predicted octanol–water partition coefficient (Wildman–Crippen LogP) is 1.23. The van der Waals surface area contributed by atoms with Crippen LogP contribution in [-0.4, -0.2) is 51.3 Å². The maximum absolute atomic E-state index is 6.16. The van der Waals surface area contributed by atoms with E-state index in [1.165, 1.54) is 0 Å². The number of hydrogen-bond donors (Lipinski definition) is 0. The summed E-state index contributed by atoms with van der Waals surface area (Å²) in [6.45, 7) is 5.57. The molecule has 4 nitrogen and oxygen atoms in total. The Hall–Kier alpha value is -0.160. The van der Waals surface area contributed by atoms with E-state index < -0.39 is 0 Å². The molecule has 2 aliphatic heterocycles. The first-order valence-electron chi connectivity index (χ1n) is 5.97. The van der Waals surface area contributed by atoms with Crippen molar-refractivity contribution in [2.24, 2.45) is 5.92 Å². The Morgan fingerprint density at radius 3 is 2.81 bits per heavy atom. The zero-order valence-corrected chi connectivity index (χ0v) is 10.6. The lowest BCUT2D eigenvalue weighted by Crippen LogP contribution is -2.53. The first kappa shape index (κ1) is 12.3. The molecule has 0 aromatic heterocycles. The van der Waals surface area contributed by atoms with Crippen molar-refractivity contribution in [1.82, 2.24) is 0 Å². The summed E-state index contributed by atoms with van der Waals surface area (Å²) in [7, 11) is 3.46. The molecule has 2 rings (SSSR count). The van der Waals surface area contributed by atoms with Gasteiger partial charge in [0.05, 0.1) is 24.9 Å². The Kier molecular flexibility index (Phi) is 3.54. The Bertz CT molecular complexity index is 245. The van der Waals surface area contributed by atoms with Crippen molar-refractivity contribution in [2.75, 3.05) is 27.4 Å². The summed E-state index contributed by atoms with van der Waals surface area (Å²) in [6.07, 6.45) is 1.23. The van der Waals surface area contributed by atoms with Gasteiger partial charge in [0.15, 0.2) is 0 Å². The third kappa shape index (κ3) is 1.68. The number of fused-ring (bicyclic) bond motifs is 2. The van der Waals surface area contributed by atoms with Crippen molar-refractivity contribution in [1.29, 1.82) is 0 Å². The quantitative estimate of drug-likeness (QED) is 0.728. The van der Waals surface area contributed by atoms with Gasteiger partial charge in [-0.3, -0.25) is 0 Å². The smallest absolute Gasteiger partial charge is 0.104 e. The van der Waals surface area contributed by atoms with Gasteiger partial charge in [-0.1, -0.05) is 0 Å². The van der Waals surface area contributed by atoms with Crippen LogP contribution in [0, 0.1) is 5.92 Å². The van der Waals surface area contributed by atoms with Crippen molar-refractivity contribution >= 4 is 0 Å². The number of rotatable bonds is 4. The van der Waals surface area contributed by atoms with Crippen molar-refractivity contribution in [3.63, 3.8) is 0 Å². The third-order valence-electron chi connectivity index (χ3n) is 4.08. The van der Waals surface area contributed by atoms with Gasteiger partial charge < -0.3 is 18.9 Å². The predicted molar refractivity (Wildman–Crippen MR) is 59.5 cm³/mol. The molecule has 0 aliphatic carbocycles. The van der Waals surface area contributed by atoms with E-state index in [0.29, 0.717) is 6.61 Å². The molecular formula is C12H22O4. The number of hydrogen-bond acceptors (Lipinski definition) is 4. The fourth-order valence-electron chi connectivity index (χ4n) is 3.17. The monoisotopic (exact) mass is 230 g/mol. The summed E-state index contributed by atoms with van der Waals surface area (Å²) in [6, 6.07) is 0. The molecule has 0 N–H and O–H groups in total. The van der Waals surface area contributed by atoms with E-state index in [-0.39, 0.29) is 29.8 Å². The largest absolute Gasteiger partial charge is 0.384 e. The third-order valence-corrected chi connectivity index (χ3v) is 4.08. The zero-order chi connectivity index (χ0) is 11.8. The highest BCUT2D eigenvalue weighted by Crippen LogP contribution is 2.46. The van der Waals surface area contributed by atoms with Gasteiger partial charge in [-0.05, 0) is 13.8 Å². The SMILES string of the molecule is COCC1C2OCCC1(C(C)OC)OC2C. The Balaban J connectivity index is 2.25. The average molecular weight is 230 g/mol. The molecule has 2 heterocycles. The summed E-state index contributed by atoms with van der Waals surface area (Å²) in [5, 5.41) is 0. The molecule has 0 aromatic carbocycles. The van der Waals surface area contributed by atoms with Crippen molar-refractivity contribution in [3.8, 4) is 0 Å². The minimum atomic E-state index is -0.229. The van der Waals surface area contributed by atoms with Crippen LogP contribution in [0.25, 0.3) is 0 Å². The van der Waals surface area contributed by atoms with E-state index in [2.05, 4.69) is 13.8 Å². The van der Waals surface area contributed by atoms with Gasteiger partial charge in [0.25, 0.3) is 0 Å². The summed E-state index contributed by atoms with van der Waals surface area (Å²) in [4.78, 5) is 0. The molecular weight excluding hydrogens is 208 g/mol. The van der Waals surface area contributed by atoms with Crippen LogP contribution in [0.1, 0.15) is 20.3 Å². The van der Waals surface area contributed by atoms with Crippen LogP contribution in [0.5, 0.6) is 0 Å². The van der Waals surface area contributed by atoms with Gasteiger partial charge in [-0.15, -0.1) is 0 Å². The van der Waals surface area contributed by atoms with Crippen LogP contribution in [-0.2, 0) is 18.9 Å². The minimum Gasteiger partial charge on any atom is -0.384 e. The molecule has 94 valence electrons. The van der Waals surface area contributed by atoms with E-state index in [0.717, 1.165) is 13.0 Å². The maximum atomic E-state index is 6.16. The van der Waals surface area contributed by atoms with Crippen molar-refractivity contribution < 1.29 is 18.9 Å². The van der Waals surface area contributed by atoms with E-state index in [4.69, 9.17) is 18.9 Å². The normalized spacial score (nSPS) is 44.6. The Morgan fingerprint density at radius 1 is 1.44 bits per heavy atom. The summed E-state index contributed by atoms with van der Waals surface area (Å²) >= 11 is 0. The molecule has 5 atom stereocenters. The minimum absolute atomic E-state index is 0.0731. The highest BCUT2D eigenvalue weighted by molar-refractivity contribution is 5.06. The second-order valence-corrected chi connectivity index (χ2v) is 4.80. The van der Waals surface area contributed by atoms with Gasteiger partial charge >= 0.3 is 0 Å². The van der Waals surface area contributed by atoms with Crippen LogP contribution >= 0.6 is 0 Å². The lowest BCUT2D eigenvalue weighted by Gasteiger charge is -2.42. The topological polar surface area (TPSA) is 36.9 Å². The van der Waals surface area contributed by atoms with E-state index in [1.807, 2.05) is 0 Å². The van der Waals surface area contributed by atoms with Crippen LogP contribution in [0.15, 0.2) is 0 Å². The van der Waals surface area contributed by atoms with Gasteiger partial charge in [0.2, 0.25) is 0 Å². The lowest BCUT2D eigenvalue weighted by molar-refractivity contribution is -0.160. The molecule has 5 unspecified atom stereocenters. The molecule has 0 saturated carbocycles. The molecule has 0 spiro atoms. The maximum Gasteiger partial charge on any atom is 0.104 e. The first-order valence-corrected chi connectivity index (χ1v) is 5.97. The van der Waals surface area contributed by atoms with E-state index >= 15 is 0 Å². The molecule has 2 fully saturated rings. The van der Waals surface area contributed by atoms with E-state index in [1.54, 1.807) is 14.2 Å². The van der Waals surface area contributed by atoms with Crippen LogP contribution < -0.4 is 0 Å². The summed E-state index contributed by atoms with van der Waals surface area (Å²) < 4.78 is 22.8. The van der Waals surface area contributed by atoms with Crippen molar-refractivity contribution in [3.05, 3.63) is 0 Å². The lowest BCUT2D eigenvalue weighted by atomic mass is 9.77. The Morgan fingerprint density at radius 2 is 2.19 bits per heavy atom. The highest BCUT2D eigenvalue weighted by Gasteiger charge is 2.59. The second kappa shape index (κ2) is 4.61. The number of methoxy groups -OCH3 is 2. The van der Waals surface area contributed by atoms with Crippen molar-refractivity contribution in [2.45, 2.75) is 44.2 Å². The fourth-order valence-corrected chi connectivity index (χ4v) is 3.17. The van der Waals surface area contributed by atoms with Gasteiger partial charge in [-0.25, -0.2) is 0 Å². The van der Waals surface area contributed by atoms with Crippen LogP contribution in [0.4, 0.5) is 0 Å². The van der Waals surface area contributed by atoms with Gasteiger partial charge in [0.1, 0.15) is 5.60 Å². The Labute approximate surface area is 97.2 Å². The van der Waals surface area contributed by atoms with Crippen LogP contribution in [0.3, 0.4) is 0 Å². The highest BCUT2D eigenvalue weighted by atomic mass is 16.6. The van der Waals surface area contributed by atoms with E-state index in [9.17, 15) is 0 Å². The molecule has 4 heteroatoms. The molecule has 2 saturated heterocycles. The standard InChI is InChI=1S/C12H22O4/c1-8-11-10(7-13-3)12(16-8,5-6-15-11)9(2)14-4/h8-11H,5-7H2,1-4H3. The molecule has 0 aromatic rings. The van der Waals surface area contributed by atoms with Gasteiger partial charge in [0, 0.05) is 33.2 Å². The molecule has 2 bridgehead atoms. The van der Waals surface area contributed by atoms with Crippen LogP contribution in [0.2, 0.25) is 0 Å². The number of ether oxygens (including phenoxy) is 4. The summed E-state index contributed by atoms with van der Waals surface area (Å²) in [5.74, 6) is 0.274. The van der Waals surface area contributed by atoms with Gasteiger partial charge in [-0.2, -0.15) is 0 Å². The zero-order valence-electron chi connectivity index (χ0n) is 10.6. The average Bonchev–Trinajstić information content (AvgIpc) is 2.46. The molecule has 16 heavy (non-hydrogen) atoms.